The number of amides is 2. The van der Waals surface area contributed by atoms with Gasteiger partial charge in [-0.15, -0.1) is 11.3 Å². The molecule has 0 bridgehead atoms. The molecule has 29 heavy (non-hydrogen) atoms. The SMILES string of the molecule is COCCN1C(=O)c2ccccc2[C@@H](C(=O)Nc2cccnc2)[C@@H]1c1cccs1. The summed E-state index contributed by atoms with van der Waals surface area (Å²) in [6.07, 6.45) is 3.27. The number of anilines is 1. The number of hydrogen-bond acceptors (Lipinski definition) is 5. The average molecular weight is 407 g/mol. The highest BCUT2D eigenvalue weighted by Gasteiger charge is 2.44. The Morgan fingerprint density at radius 3 is 2.79 bits per heavy atom. The third-order valence-electron chi connectivity index (χ3n) is 5.02. The molecule has 6 nitrogen and oxygen atoms in total. The van der Waals surface area contributed by atoms with E-state index in [0.29, 0.717) is 24.4 Å². The number of nitrogens with zero attached hydrogens (tertiary/aromatic N) is 2. The van der Waals surface area contributed by atoms with Crippen molar-refractivity contribution in [1.29, 1.82) is 0 Å². The molecule has 0 spiro atoms. The molecule has 0 unspecified atom stereocenters. The Morgan fingerprint density at radius 1 is 1.21 bits per heavy atom. The molecule has 0 saturated heterocycles. The highest BCUT2D eigenvalue weighted by molar-refractivity contribution is 7.10. The van der Waals surface area contributed by atoms with Crippen LogP contribution in [0, 0.1) is 0 Å². The van der Waals surface area contributed by atoms with Gasteiger partial charge in [-0.2, -0.15) is 0 Å². The first-order valence-electron chi connectivity index (χ1n) is 9.34. The quantitative estimate of drug-likeness (QED) is 0.676. The highest BCUT2D eigenvalue weighted by atomic mass is 32.1. The van der Waals surface area contributed by atoms with Gasteiger partial charge in [0.1, 0.15) is 0 Å². The second kappa shape index (κ2) is 8.55. The van der Waals surface area contributed by atoms with Crippen molar-refractivity contribution in [3.63, 3.8) is 0 Å². The van der Waals surface area contributed by atoms with E-state index in [9.17, 15) is 9.59 Å². The second-order valence-electron chi connectivity index (χ2n) is 6.75. The van der Waals surface area contributed by atoms with Crippen LogP contribution in [-0.2, 0) is 9.53 Å². The zero-order valence-electron chi connectivity index (χ0n) is 15.9. The Kier molecular flexibility index (Phi) is 5.69. The smallest absolute Gasteiger partial charge is 0.254 e. The molecule has 1 aliphatic heterocycles. The lowest BCUT2D eigenvalue weighted by atomic mass is 9.81. The van der Waals surface area contributed by atoms with E-state index < -0.39 is 12.0 Å². The van der Waals surface area contributed by atoms with Gasteiger partial charge in [-0.3, -0.25) is 14.6 Å². The Balaban J connectivity index is 1.80. The number of hydrogen-bond donors (Lipinski definition) is 1. The van der Waals surface area contributed by atoms with Crippen LogP contribution < -0.4 is 5.32 Å². The second-order valence-corrected chi connectivity index (χ2v) is 7.73. The van der Waals surface area contributed by atoms with Gasteiger partial charge in [0.2, 0.25) is 5.91 Å². The molecule has 7 heteroatoms. The summed E-state index contributed by atoms with van der Waals surface area (Å²) >= 11 is 1.54. The van der Waals surface area contributed by atoms with Gasteiger partial charge in [0, 0.05) is 30.3 Å². The van der Waals surface area contributed by atoms with E-state index in [1.54, 1.807) is 53.9 Å². The molecule has 0 radical (unpaired) electrons. The van der Waals surface area contributed by atoms with Crippen LogP contribution in [0.4, 0.5) is 5.69 Å². The van der Waals surface area contributed by atoms with Crippen LogP contribution in [-0.4, -0.2) is 42.0 Å². The van der Waals surface area contributed by atoms with Crippen molar-refractivity contribution in [2.75, 3.05) is 25.6 Å². The van der Waals surface area contributed by atoms with Gasteiger partial charge in [0.25, 0.3) is 5.91 Å². The van der Waals surface area contributed by atoms with Crippen LogP contribution in [0.25, 0.3) is 0 Å². The fraction of sp³-hybridized carbons (Fsp3) is 0.227. The number of carbonyl (C=O) groups is 2. The minimum atomic E-state index is -0.542. The molecule has 0 fully saturated rings. The van der Waals surface area contributed by atoms with Crippen molar-refractivity contribution >= 4 is 28.8 Å². The lowest BCUT2D eigenvalue weighted by Gasteiger charge is -2.41. The molecule has 148 valence electrons. The first-order valence-corrected chi connectivity index (χ1v) is 10.2. The summed E-state index contributed by atoms with van der Waals surface area (Å²) < 4.78 is 5.24. The van der Waals surface area contributed by atoms with Gasteiger partial charge in [0.15, 0.2) is 0 Å². The fourth-order valence-corrected chi connectivity index (χ4v) is 4.62. The minimum Gasteiger partial charge on any atom is -0.383 e. The Hall–Kier alpha value is -3.03. The van der Waals surface area contributed by atoms with E-state index in [0.717, 1.165) is 10.4 Å². The third-order valence-corrected chi connectivity index (χ3v) is 5.96. The molecular formula is C22H21N3O3S. The average Bonchev–Trinajstić information content (AvgIpc) is 3.28. The summed E-state index contributed by atoms with van der Waals surface area (Å²) in [5, 5.41) is 4.93. The van der Waals surface area contributed by atoms with Gasteiger partial charge >= 0.3 is 0 Å². The molecule has 1 aliphatic rings. The summed E-state index contributed by atoms with van der Waals surface area (Å²) in [6, 6.07) is 14.4. The molecule has 2 aromatic heterocycles. The van der Waals surface area contributed by atoms with Crippen molar-refractivity contribution in [3.8, 4) is 0 Å². The lowest BCUT2D eigenvalue weighted by Crippen LogP contribution is -2.47. The number of carbonyl (C=O) groups excluding carboxylic acids is 2. The Bertz CT molecular complexity index is 992. The topological polar surface area (TPSA) is 71.5 Å². The van der Waals surface area contributed by atoms with Crippen LogP contribution >= 0.6 is 11.3 Å². The zero-order chi connectivity index (χ0) is 20.2. The van der Waals surface area contributed by atoms with Gasteiger partial charge in [-0.05, 0) is 35.2 Å². The highest BCUT2D eigenvalue weighted by Crippen LogP contribution is 2.44. The van der Waals surface area contributed by atoms with Gasteiger partial charge in [0.05, 0.1) is 30.5 Å². The maximum Gasteiger partial charge on any atom is 0.254 e. The molecule has 1 aromatic carbocycles. The molecule has 1 N–H and O–H groups in total. The maximum absolute atomic E-state index is 13.5. The van der Waals surface area contributed by atoms with Gasteiger partial charge < -0.3 is 15.0 Å². The molecule has 0 saturated carbocycles. The molecule has 0 aliphatic carbocycles. The number of methoxy groups -OCH3 is 1. The van der Waals surface area contributed by atoms with E-state index >= 15 is 0 Å². The minimum absolute atomic E-state index is 0.0820. The van der Waals surface area contributed by atoms with Crippen molar-refractivity contribution in [1.82, 2.24) is 9.88 Å². The maximum atomic E-state index is 13.5. The fourth-order valence-electron chi connectivity index (χ4n) is 3.74. The molecule has 2 atom stereocenters. The number of thiophene rings is 1. The molecule has 3 heterocycles. The predicted octanol–water partition coefficient (Wildman–Crippen LogP) is 3.71. The predicted molar refractivity (Wildman–Crippen MR) is 112 cm³/mol. The van der Waals surface area contributed by atoms with Crippen molar-refractivity contribution < 1.29 is 14.3 Å². The van der Waals surface area contributed by atoms with E-state index in [4.69, 9.17) is 4.74 Å². The van der Waals surface area contributed by atoms with Crippen molar-refractivity contribution in [3.05, 3.63) is 82.3 Å². The molecular weight excluding hydrogens is 386 g/mol. The summed E-state index contributed by atoms with van der Waals surface area (Å²) in [7, 11) is 1.61. The summed E-state index contributed by atoms with van der Waals surface area (Å²) in [5.41, 5.74) is 1.92. The summed E-state index contributed by atoms with van der Waals surface area (Å²) in [6.45, 7) is 0.801. The van der Waals surface area contributed by atoms with Gasteiger partial charge in [-0.25, -0.2) is 0 Å². The number of benzene rings is 1. The molecule has 2 amide bonds. The largest absolute Gasteiger partial charge is 0.383 e. The number of fused-ring (bicyclic) bond motifs is 1. The van der Waals surface area contributed by atoms with Crippen LogP contribution in [0.5, 0.6) is 0 Å². The Labute approximate surface area is 173 Å². The number of pyridine rings is 1. The number of rotatable bonds is 6. The third kappa shape index (κ3) is 3.79. The standard InChI is InChI=1S/C22H21N3O3S/c1-28-12-11-25-20(18-9-5-13-29-18)19(16-7-2-3-8-17(16)22(25)27)21(26)24-15-6-4-10-23-14-15/h2-10,13-14,19-20H,11-12H2,1H3,(H,24,26)/t19-,20+/m1/s1. The van der Waals surface area contributed by atoms with Crippen LogP contribution in [0.3, 0.4) is 0 Å². The normalized spacial score (nSPS) is 18.4. The van der Waals surface area contributed by atoms with Crippen molar-refractivity contribution in [2.24, 2.45) is 0 Å². The van der Waals surface area contributed by atoms with E-state index in [-0.39, 0.29) is 11.8 Å². The Morgan fingerprint density at radius 2 is 2.07 bits per heavy atom. The monoisotopic (exact) mass is 407 g/mol. The van der Waals surface area contributed by atoms with Crippen LogP contribution in [0.2, 0.25) is 0 Å². The first-order chi connectivity index (χ1) is 14.2. The molecule has 3 aromatic rings. The van der Waals surface area contributed by atoms with E-state index in [1.165, 1.54) is 0 Å². The van der Waals surface area contributed by atoms with Crippen LogP contribution in [0.15, 0.2) is 66.3 Å². The number of aromatic nitrogens is 1. The van der Waals surface area contributed by atoms with E-state index in [1.807, 2.05) is 35.7 Å². The molecule has 4 rings (SSSR count). The summed E-state index contributed by atoms with van der Waals surface area (Å²) in [5.74, 6) is -0.792. The van der Waals surface area contributed by atoms with Crippen molar-refractivity contribution in [2.45, 2.75) is 12.0 Å². The number of ether oxygens (including phenoxy) is 1. The number of nitrogens with one attached hydrogen (secondary N) is 1. The first kappa shape index (κ1) is 19.3. The van der Waals surface area contributed by atoms with Crippen LogP contribution in [0.1, 0.15) is 32.8 Å². The van der Waals surface area contributed by atoms with Gasteiger partial charge in [-0.1, -0.05) is 24.3 Å². The zero-order valence-corrected chi connectivity index (χ0v) is 16.8. The lowest BCUT2D eigenvalue weighted by molar-refractivity contribution is -0.119. The van der Waals surface area contributed by atoms with E-state index in [2.05, 4.69) is 10.3 Å². The summed E-state index contributed by atoms with van der Waals surface area (Å²) in [4.78, 5) is 33.5.